The summed E-state index contributed by atoms with van der Waals surface area (Å²) >= 11 is 0. The predicted molar refractivity (Wildman–Crippen MR) is 131 cm³/mol. The summed E-state index contributed by atoms with van der Waals surface area (Å²) in [6.45, 7) is 8.02. The summed E-state index contributed by atoms with van der Waals surface area (Å²) in [7, 11) is 0. The van der Waals surface area contributed by atoms with Crippen molar-refractivity contribution in [1.82, 2.24) is 20.2 Å². The Balaban J connectivity index is 1.52. The highest BCUT2D eigenvalue weighted by atomic mass is 19.1. The van der Waals surface area contributed by atoms with Crippen molar-refractivity contribution in [3.05, 3.63) is 54.1 Å². The van der Waals surface area contributed by atoms with Crippen LogP contribution in [0, 0.1) is 12.7 Å². The van der Waals surface area contributed by atoms with Crippen molar-refractivity contribution >= 4 is 27.9 Å². The van der Waals surface area contributed by atoms with Crippen molar-refractivity contribution in [2.45, 2.75) is 26.8 Å². The zero-order valence-corrected chi connectivity index (χ0v) is 19.9. The third kappa shape index (κ3) is 4.46. The number of carbonyl (C=O) groups is 1. The molecule has 35 heavy (non-hydrogen) atoms. The average Bonchev–Trinajstić information content (AvgIpc) is 3.23. The second-order valence-electron chi connectivity index (χ2n) is 8.57. The molecule has 0 bridgehead atoms. The molecule has 5 rings (SSSR count). The quantitative estimate of drug-likeness (QED) is 0.413. The number of fused-ring (bicyclic) bond motifs is 2. The van der Waals surface area contributed by atoms with Gasteiger partial charge in [-0.15, -0.1) is 0 Å². The maximum Gasteiger partial charge on any atom is 0.415 e. The number of benzene rings is 2. The fraction of sp³-hybridized carbons (Fsp3) is 0.308. The first-order valence-corrected chi connectivity index (χ1v) is 11.6. The van der Waals surface area contributed by atoms with Gasteiger partial charge < -0.3 is 29.4 Å². The van der Waals surface area contributed by atoms with Crippen LogP contribution < -0.4 is 19.5 Å². The highest BCUT2D eigenvalue weighted by Crippen LogP contribution is 2.39. The van der Waals surface area contributed by atoms with E-state index in [1.54, 1.807) is 47.5 Å². The van der Waals surface area contributed by atoms with Crippen molar-refractivity contribution < 1.29 is 23.4 Å². The molecule has 8 nitrogen and oxygen atoms in total. The van der Waals surface area contributed by atoms with Gasteiger partial charge in [0.05, 0.1) is 12.1 Å². The van der Waals surface area contributed by atoms with E-state index in [-0.39, 0.29) is 17.5 Å². The van der Waals surface area contributed by atoms with Gasteiger partial charge in [-0.3, -0.25) is 4.98 Å². The maximum absolute atomic E-state index is 15.2. The van der Waals surface area contributed by atoms with Gasteiger partial charge in [0.15, 0.2) is 23.1 Å². The summed E-state index contributed by atoms with van der Waals surface area (Å²) in [4.78, 5) is 22.1. The summed E-state index contributed by atoms with van der Waals surface area (Å²) in [5.41, 5.74) is 2.13. The largest absolute Gasteiger partial charge is 0.490 e. The number of pyridine rings is 1. The van der Waals surface area contributed by atoms with Crippen LogP contribution in [0.5, 0.6) is 23.0 Å². The molecule has 9 heteroatoms. The number of aromatic nitrogens is 2. The first kappa shape index (κ1) is 22.9. The van der Waals surface area contributed by atoms with Crippen LogP contribution in [-0.2, 0) is 0 Å². The Hall–Kier alpha value is -3.85. The molecule has 1 fully saturated rings. The van der Waals surface area contributed by atoms with Crippen LogP contribution in [0.4, 0.5) is 9.18 Å². The third-order valence-corrected chi connectivity index (χ3v) is 6.06. The lowest BCUT2D eigenvalue weighted by Crippen LogP contribution is -2.53. The molecule has 1 aliphatic rings. The van der Waals surface area contributed by atoms with Crippen molar-refractivity contribution in [3.63, 3.8) is 0 Å². The number of hydrogen-bond donors (Lipinski definition) is 2. The number of nitrogens with one attached hydrogen (secondary N) is 2. The van der Waals surface area contributed by atoms with Crippen molar-refractivity contribution in [2.24, 2.45) is 0 Å². The lowest BCUT2D eigenvalue weighted by molar-refractivity contribution is 0.122. The summed E-state index contributed by atoms with van der Waals surface area (Å²) in [5, 5.41) is 4.28. The first-order chi connectivity index (χ1) is 16.9. The van der Waals surface area contributed by atoms with Gasteiger partial charge in [0.2, 0.25) is 0 Å². The maximum atomic E-state index is 15.2. The van der Waals surface area contributed by atoms with E-state index in [2.05, 4.69) is 15.3 Å². The molecule has 1 saturated heterocycles. The molecule has 0 unspecified atom stereocenters. The van der Waals surface area contributed by atoms with Gasteiger partial charge in [-0.25, -0.2) is 9.18 Å². The van der Waals surface area contributed by atoms with Crippen LogP contribution in [0.2, 0.25) is 0 Å². The number of amides is 1. The van der Waals surface area contributed by atoms with Crippen LogP contribution >= 0.6 is 0 Å². The molecule has 4 aromatic rings. The molecule has 0 spiro atoms. The number of H-pyrrole nitrogens is 1. The number of ether oxygens (including phenoxy) is 3. The van der Waals surface area contributed by atoms with E-state index in [0.29, 0.717) is 59.5 Å². The fourth-order valence-corrected chi connectivity index (χ4v) is 4.32. The van der Waals surface area contributed by atoms with Gasteiger partial charge in [0.25, 0.3) is 0 Å². The summed E-state index contributed by atoms with van der Waals surface area (Å²) in [5.74, 6) is 0.672. The zero-order valence-electron chi connectivity index (χ0n) is 19.9. The predicted octanol–water partition coefficient (Wildman–Crippen LogP) is 5.15. The molecular weight excluding hydrogens is 451 g/mol. The molecule has 2 aromatic heterocycles. The molecule has 0 radical (unpaired) electrons. The number of hydrogen-bond acceptors (Lipinski definition) is 6. The van der Waals surface area contributed by atoms with Gasteiger partial charge in [0, 0.05) is 59.9 Å². The SMILES string of the molecule is CCOc1cc2nccc(Oc3ccc4[nH]c(C)cc4c3F)c2cc1OC(=O)N1CCNC[C@H]1C. The van der Waals surface area contributed by atoms with Crippen molar-refractivity contribution in [1.29, 1.82) is 0 Å². The van der Waals surface area contributed by atoms with Crippen LogP contribution in [-0.4, -0.2) is 53.2 Å². The molecular formula is C26H27FN4O4. The van der Waals surface area contributed by atoms with Crippen molar-refractivity contribution in [3.8, 4) is 23.0 Å². The van der Waals surface area contributed by atoms with E-state index in [0.717, 1.165) is 5.69 Å². The molecule has 1 aliphatic heterocycles. The molecule has 3 heterocycles. The van der Waals surface area contributed by atoms with Gasteiger partial charge in [-0.1, -0.05) is 0 Å². The average molecular weight is 479 g/mol. The molecule has 0 aliphatic carbocycles. The fourth-order valence-electron chi connectivity index (χ4n) is 4.32. The van der Waals surface area contributed by atoms with Crippen LogP contribution in [0.3, 0.4) is 0 Å². The minimum Gasteiger partial charge on any atom is -0.490 e. The van der Waals surface area contributed by atoms with Crippen LogP contribution in [0.25, 0.3) is 21.8 Å². The van der Waals surface area contributed by atoms with Crippen LogP contribution in [0.15, 0.2) is 42.6 Å². The number of carbonyl (C=O) groups excluding carboxylic acids is 1. The first-order valence-electron chi connectivity index (χ1n) is 11.6. The summed E-state index contributed by atoms with van der Waals surface area (Å²) in [6.07, 6.45) is 1.13. The number of nitrogens with zero attached hydrogens (tertiary/aromatic N) is 2. The van der Waals surface area contributed by atoms with Gasteiger partial charge in [-0.05, 0) is 51.1 Å². The smallest absolute Gasteiger partial charge is 0.415 e. The lowest BCUT2D eigenvalue weighted by Gasteiger charge is -2.33. The third-order valence-electron chi connectivity index (χ3n) is 6.06. The molecule has 2 N–H and O–H groups in total. The Morgan fingerprint density at radius 1 is 1.14 bits per heavy atom. The van der Waals surface area contributed by atoms with E-state index in [1.807, 2.05) is 20.8 Å². The second kappa shape index (κ2) is 9.42. The van der Waals surface area contributed by atoms with Gasteiger partial charge in [0.1, 0.15) is 5.75 Å². The molecule has 182 valence electrons. The number of rotatable bonds is 5. The molecule has 0 saturated carbocycles. The van der Waals surface area contributed by atoms with E-state index in [1.165, 1.54) is 0 Å². The summed E-state index contributed by atoms with van der Waals surface area (Å²) in [6, 6.07) is 10.1. The Morgan fingerprint density at radius 3 is 2.80 bits per heavy atom. The Kier molecular flexibility index (Phi) is 6.17. The van der Waals surface area contributed by atoms with Crippen LogP contribution in [0.1, 0.15) is 19.5 Å². The second-order valence-corrected chi connectivity index (χ2v) is 8.57. The Bertz CT molecular complexity index is 1400. The van der Waals surface area contributed by atoms with Crippen molar-refractivity contribution in [2.75, 3.05) is 26.2 Å². The Morgan fingerprint density at radius 2 is 2.00 bits per heavy atom. The molecule has 2 aromatic carbocycles. The Labute approximate surface area is 202 Å². The minimum absolute atomic E-state index is 0.00257. The molecule has 1 amide bonds. The normalized spacial score (nSPS) is 16.0. The number of halogens is 1. The minimum atomic E-state index is -0.456. The standard InChI is InChI=1S/C26H27FN4O4/c1-4-33-23-13-20-17(12-24(23)35-26(32)31-10-9-28-14-16(31)3)21(7-8-29-20)34-22-6-5-19-18(25(22)27)11-15(2)30-19/h5-8,11-13,16,28,30H,4,9-10,14H2,1-3H3/t16-/m1/s1. The highest BCUT2D eigenvalue weighted by molar-refractivity contribution is 5.90. The van der Waals surface area contributed by atoms with E-state index in [9.17, 15) is 4.79 Å². The van der Waals surface area contributed by atoms with Gasteiger partial charge in [-0.2, -0.15) is 0 Å². The van der Waals surface area contributed by atoms with E-state index in [4.69, 9.17) is 14.2 Å². The highest BCUT2D eigenvalue weighted by Gasteiger charge is 2.26. The number of aromatic amines is 1. The number of piperazine rings is 1. The topological polar surface area (TPSA) is 88.7 Å². The number of aryl methyl sites for hydroxylation is 1. The zero-order chi connectivity index (χ0) is 24.5. The molecule has 1 atom stereocenters. The lowest BCUT2D eigenvalue weighted by atomic mass is 10.1. The monoisotopic (exact) mass is 478 g/mol. The van der Waals surface area contributed by atoms with Gasteiger partial charge >= 0.3 is 6.09 Å². The van der Waals surface area contributed by atoms with E-state index >= 15 is 4.39 Å². The summed E-state index contributed by atoms with van der Waals surface area (Å²) < 4.78 is 32.7. The van der Waals surface area contributed by atoms with E-state index < -0.39 is 11.9 Å².